The van der Waals surface area contributed by atoms with Crippen LogP contribution < -0.4 is 0 Å². The average molecular weight is 264 g/mol. The Morgan fingerprint density at radius 2 is 2.32 bits per heavy atom. The molecule has 1 saturated carbocycles. The van der Waals surface area contributed by atoms with E-state index in [0.717, 1.165) is 25.7 Å². The number of carbonyl (C=O) groups excluding carboxylic acids is 1. The summed E-state index contributed by atoms with van der Waals surface area (Å²) in [6.45, 7) is 4.66. The Morgan fingerprint density at radius 1 is 1.58 bits per heavy atom. The normalized spacial score (nSPS) is 25.1. The Bertz CT molecular complexity index is 491. The molecule has 2 fully saturated rings. The molecule has 0 spiro atoms. The standard InChI is InChI=1S/C14H20N2O3/c1-9(2)12-11(15-8-19-12)13(17)16-7-3-4-10(16)14(18)5-6-14/h8-10,18H,3-7H2,1-2H3. The third-order valence-corrected chi connectivity index (χ3v) is 4.22. The summed E-state index contributed by atoms with van der Waals surface area (Å²) in [5, 5.41) is 10.3. The van der Waals surface area contributed by atoms with Gasteiger partial charge in [0, 0.05) is 12.5 Å². The molecule has 3 rings (SSSR count). The van der Waals surface area contributed by atoms with E-state index >= 15 is 0 Å². The van der Waals surface area contributed by atoms with Crippen molar-refractivity contribution in [3.8, 4) is 0 Å². The van der Waals surface area contributed by atoms with Gasteiger partial charge in [-0.3, -0.25) is 4.79 Å². The van der Waals surface area contributed by atoms with Gasteiger partial charge in [0.15, 0.2) is 12.1 Å². The number of carbonyl (C=O) groups is 1. The van der Waals surface area contributed by atoms with Gasteiger partial charge in [0.05, 0.1) is 11.6 Å². The van der Waals surface area contributed by atoms with Crippen LogP contribution >= 0.6 is 0 Å². The summed E-state index contributed by atoms with van der Waals surface area (Å²) in [5.74, 6) is 0.672. The quantitative estimate of drug-likeness (QED) is 0.905. The third kappa shape index (κ3) is 2.06. The first-order valence-corrected chi connectivity index (χ1v) is 6.99. The molecular formula is C14H20N2O3. The predicted octanol–water partition coefficient (Wildman–Crippen LogP) is 1.93. The van der Waals surface area contributed by atoms with Crippen molar-refractivity contribution in [1.29, 1.82) is 0 Å². The van der Waals surface area contributed by atoms with E-state index in [-0.39, 0.29) is 17.9 Å². The van der Waals surface area contributed by atoms with E-state index in [0.29, 0.717) is 18.0 Å². The van der Waals surface area contributed by atoms with Gasteiger partial charge in [0.2, 0.25) is 0 Å². The lowest BCUT2D eigenvalue weighted by atomic mass is 10.1. The van der Waals surface area contributed by atoms with E-state index in [4.69, 9.17) is 4.42 Å². The molecule has 1 unspecified atom stereocenters. The highest BCUT2D eigenvalue weighted by atomic mass is 16.3. The zero-order valence-electron chi connectivity index (χ0n) is 11.4. The Balaban J connectivity index is 1.85. The highest BCUT2D eigenvalue weighted by Gasteiger charge is 2.53. The maximum absolute atomic E-state index is 12.6. The first-order chi connectivity index (χ1) is 9.03. The predicted molar refractivity (Wildman–Crippen MR) is 68.8 cm³/mol. The number of hydrogen-bond acceptors (Lipinski definition) is 4. The van der Waals surface area contributed by atoms with Crippen molar-refractivity contribution >= 4 is 5.91 Å². The van der Waals surface area contributed by atoms with E-state index in [2.05, 4.69) is 4.98 Å². The minimum Gasteiger partial charge on any atom is -0.447 e. The molecule has 104 valence electrons. The maximum atomic E-state index is 12.6. The smallest absolute Gasteiger partial charge is 0.276 e. The van der Waals surface area contributed by atoms with E-state index in [1.54, 1.807) is 4.90 Å². The van der Waals surface area contributed by atoms with E-state index in [9.17, 15) is 9.90 Å². The second kappa shape index (κ2) is 4.34. The summed E-state index contributed by atoms with van der Waals surface area (Å²) in [6, 6.07) is -0.0447. The number of oxazole rings is 1. The van der Waals surface area contributed by atoms with Crippen LogP contribution in [-0.4, -0.2) is 39.1 Å². The first kappa shape index (κ1) is 12.7. The second-order valence-corrected chi connectivity index (χ2v) is 5.98. The van der Waals surface area contributed by atoms with Crippen molar-refractivity contribution in [3.63, 3.8) is 0 Å². The van der Waals surface area contributed by atoms with Gasteiger partial charge >= 0.3 is 0 Å². The molecule has 1 aliphatic heterocycles. The molecule has 1 aliphatic carbocycles. The van der Waals surface area contributed by atoms with Gasteiger partial charge in [-0.25, -0.2) is 4.98 Å². The highest BCUT2D eigenvalue weighted by Crippen LogP contribution is 2.45. The Morgan fingerprint density at radius 3 is 2.95 bits per heavy atom. The number of aromatic nitrogens is 1. The van der Waals surface area contributed by atoms with Crippen LogP contribution in [0.2, 0.25) is 0 Å². The fourth-order valence-corrected chi connectivity index (χ4v) is 2.99. The van der Waals surface area contributed by atoms with E-state index in [1.165, 1.54) is 6.39 Å². The molecule has 5 nitrogen and oxygen atoms in total. The zero-order chi connectivity index (χ0) is 13.6. The average Bonchev–Trinajstić information content (AvgIpc) is 2.91. The van der Waals surface area contributed by atoms with Crippen LogP contribution in [0.1, 0.15) is 61.7 Å². The van der Waals surface area contributed by atoms with Gasteiger partial charge in [-0.15, -0.1) is 0 Å². The molecule has 0 radical (unpaired) electrons. The van der Waals surface area contributed by atoms with Gasteiger partial charge in [-0.1, -0.05) is 13.8 Å². The number of rotatable bonds is 3. The van der Waals surface area contributed by atoms with Gasteiger partial charge in [-0.05, 0) is 25.7 Å². The molecule has 1 saturated heterocycles. The Hall–Kier alpha value is -1.36. The number of amides is 1. The Kier molecular flexibility index (Phi) is 2.89. The van der Waals surface area contributed by atoms with E-state index in [1.807, 2.05) is 13.8 Å². The summed E-state index contributed by atoms with van der Waals surface area (Å²) in [4.78, 5) is 18.5. The lowest BCUT2D eigenvalue weighted by molar-refractivity contribution is 0.0381. The summed E-state index contributed by atoms with van der Waals surface area (Å²) in [5.41, 5.74) is -0.236. The molecule has 19 heavy (non-hydrogen) atoms. The maximum Gasteiger partial charge on any atom is 0.276 e. The van der Waals surface area contributed by atoms with Crippen LogP contribution in [0.25, 0.3) is 0 Å². The Labute approximate surface area is 112 Å². The van der Waals surface area contributed by atoms with Gasteiger partial charge < -0.3 is 14.4 Å². The SMILES string of the molecule is CC(C)c1ocnc1C(=O)N1CCCC1C1(O)CC1. The topological polar surface area (TPSA) is 66.6 Å². The largest absolute Gasteiger partial charge is 0.447 e. The van der Waals surface area contributed by atoms with Gasteiger partial charge in [0.1, 0.15) is 5.76 Å². The zero-order valence-corrected chi connectivity index (χ0v) is 11.4. The van der Waals surface area contributed by atoms with E-state index < -0.39 is 5.60 Å². The lowest BCUT2D eigenvalue weighted by Crippen LogP contribution is -2.44. The summed E-state index contributed by atoms with van der Waals surface area (Å²) in [6.07, 6.45) is 4.78. The molecule has 1 aromatic heterocycles. The molecule has 1 aromatic rings. The summed E-state index contributed by atoms with van der Waals surface area (Å²) < 4.78 is 5.32. The number of likely N-dealkylation sites (tertiary alicyclic amines) is 1. The van der Waals surface area contributed by atoms with Crippen LogP contribution in [0.3, 0.4) is 0 Å². The molecule has 2 aliphatic rings. The number of aliphatic hydroxyl groups is 1. The fraction of sp³-hybridized carbons (Fsp3) is 0.714. The van der Waals surface area contributed by atoms with Crippen LogP contribution in [0.15, 0.2) is 10.8 Å². The number of nitrogens with zero attached hydrogens (tertiary/aromatic N) is 2. The lowest BCUT2D eigenvalue weighted by Gasteiger charge is -2.28. The molecule has 5 heteroatoms. The van der Waals surface area contributed by atoms with Crippen molar-refractivity contribution < 1.29 is 14.3 Å². The monoisotopic (exact) mass is 264 g/mol. The molecule has 0 aromatic carbocycles. The van der Waals surface area contributed by atoms with Crippen molar-refractivity contribution in [2.24, 2.45) is 0 Å². The van der Waals surface area contributed by atoms with Crippen molar-refractivity contribution in [3.05, 3.63) is 17.8 Å². The van der Waals surface area contributed by atoms with Crippen LogP contribution in [0.4, 0.5) is 0 Å². The molecule has 1 N–H and O–H groups in total. The third-order valence-electron chi connectivity index (χ3n) is 4.22. The molecular weight excluding hydrogens is 244 g/mol. The van der Waals surface area contributed by atoms with Crippen molar-refractivity contribution in [2.45, 2.75) is 57.1 Å². The van der Waals surface area contributed by atoms with Crippen LogP contribution in [0, 0.1) is 0 Å². The molecule has 1 atom stereocenters. The minimum atomic E-state index is -0.645. The molecule has 2 heterocycles. The van der Waals surface area contributed by atoms with Crippen molar-refractivity contribution in [1.82, 2.24) is 9.88 Å². The van der Waals surface area contributed by atoms with Crippen LogP contribution in [-0.2, 0) is 0 Å². The highest BCUT2D eigenvalue weighted by molar-refractivity contribution is 5.93. The number of hydrogen-bond donors (Lipinski definition) is 1. The summed E-state index contributed by atoms with van der Waals surface area (Å²) >= 11 is 0. The fourth-order valence-electron chi connectivity index (χ4n) is 2.99. The second-order valence-electron chi connectivity index (χ2n) is 5.98. The molecule has 1 amide bonds. The van der Waals surface area contributed by atoms with Gasteiger partial charge in [0.25, 0.3) is 5.91 Å². The summed E-state index contributed by atoms with van der Waals surface area (Å²) in [7, 11) is 0. The first-order valence-electron chi connectivity index (χ1n) is 6.99. The van der Waals surface area contributed by atoms with Crippen LogP contribution in [0.5, 0.6) is 0 Å². The molecule has 0 bridgehead atoms. The van der Waals surface area contributed by atoms with Crippen molar-refractivity contribution in [2.75, 3.05) is 6.54 Å². The van der Waals surface area contributed by atoms with Gasteiger partial charge in [-0.2, -0.15) is 0 Å². The minimum absolute atomic E-state index is 0.0447.